The molecule has 0 aromatic heterocycles. The third kappa shape index (κ3) is 4.02. The average molecular weight is 299 g/mol. The first-order valence-corrected chi connectivity index (χ1v) is 5.26. The first-order chi connectivity index (χ1) is 7.29. The van der Waals surface area contributed by atoms with Gasteiger partial charge in [0.15, 0.2) is 6.61 Å². The third-order valence-electron chi connectivity index (χ3n) is 1.82. The number of aliphatic hydroxyl groups is 1. The predicted octanol–water partition coefficient (Wildman–Crippen LogP) is 3.44. The summed E-state index contributed by atoms with van der Waals surface area (Å²) in [6.07, 6.45) is -5.27. The lowest BCUT2D eigenvalue weighted by Gasteiger charge is -2.15. The molecule has 0 fully saturated rings. The fraction of sp³-hybridized carbons (Fsp3) is 0.400. The minimum atomic E-state index is -4.39. The van der Waals surface area contributed by atoms with E-state index >= 15 is 0 Å². The Labute approximate surface area is 99.2 Å². The normalized spacial score (nSPS) is 13.6. The lowest BCUT2D eigenvalue weighted by atomic mass is 10.1. The Morgan fingerprint density at radius 3 is 2.56 bits per heavy atom. The van der Waals surface area contributed by atoms with Crippen LogP contribution in [0.5, 0.6) is 5.75 Å². The molecular weight excluding hydrogens is 289 g/mol. The Morgan fingerprint density at radius 2 is 2.06 bits per heavy atom. The van der Waals surface area contributed by atoms with Crippen LogP contribution in [0.4, 0.5) is 13.2 Å². The molecule has 16 heavy (non-hydrogen) atoms. The van der Waals surface area contributed by atoms with Crippen LogP contribution >= 0.6 is 15.9 Å². The highest BCUT2D eigenvalue weighted by atomic mass is 79.9. The summed E-state index contributed by atoms with van der Waals surface area (Å²) < 4.78 is 41.1. The van der Waals surface area contributed by atoms with Crippen LogP contribution in [0.15, 0.2) is 22.7 Å². The van der Waals surface area contributed by atoms with E-state index in [1.54, 1.807) is 6.07 Å². The highest BCUT2D eigenvalue weighted by molar-refractivity contribution is 9.10. The van der Waals surface area contributed by atoms with Crippen molar-refractivity contribution in [1.82, 2.24) is 0 Å². The Morgan fingerprint density at radius 1 is 1.44 bits per heavy atom. The highest BCUT2D eigenvalue weighted by Crippen LogP contribution is 2.29. The summed E-state index contributed by atoms with van der Waals surface area (Å²) in [4.78, 5) is 0. The van der Waals surface area contributed by atoms with E-state index < -0.39 is 18.9 Å². The molecule has 0 aliphatic heterocycles. The molecule has 0 aliphatic rings. The minimum Gasteiger partial charge on any atom is -0.484 e. The quantitative estimate of drug-likeness (QED) is 0.926. The summed E-state index contributed by atoms with van der Waals surface area (Å²) in [6, 6.07) is 4.54. The number of hydrogen-bond donors (Lipinski definition) is 1. The van der Waals surface area contributed by atoms with Gasteiger partial charge in [-0.25, -0.2) is 0 Å². The van der Waals surface area contributed by atoms with Crippen LogP contribution in [0.2, 0.25) is 0 Å². The molecule has 0 unspecified atom stereocenters. The number of benzene rings is 1. The lowest BCUT2D eigenvalue weighted by Crippen LogP contribution is -2.20. The zero-order chi connectivity index (χ0) is 12.3. The molecule has 2 nitrogen and oxygen atoms in total. The maximum Gasteiger partial charge on any atom is 0.422 e. The second-order valence-electron chi connectivity index (χ2n) is 3.26. The van der Waals surface area contributed by atoms with Crippen LogP contribution < -0.4 is 4.74 Å². The molecule has 0 radical (unpaired) electrons. The summed E-state index contributed by atoms with van der Waals surface area (Å²) in [6.45, 7) is 0.0901. The van der Waals surface area contributed by atoms with Gasteiger partial charge in [0, 0.05) is 10.0 Å². The van der Waals surface area contributed by atoms with E-state index in [-0.39, 0.29) is 5.75 Å². The van der Waals surface area contributed by atoms with Crippen molar-refractivity contribution in [3.8, 4) is 5.75 Å². The van der Waals surface area contributed by atoms with E-state index in [0.717, 1.165) is 0 Å². The van der Waals surface area contributed by atoms with Gasteiger partial charge in [-0.2, -0.15) is 13.2 Å². The molecule has 6 heteroatoms. The zero-order valence-corrected chi connectivity index (χ0v) is 9.97. The van der Waals surface area contributed by atoms with Gasteiger partial charge in [-0.1, -0.05) is 22.0 Å². The van der Waals surface area contributed by atoms with Gasteiger partial charge in [-0.15, -0.1) is 0 Å². The zero-order valence-electron chi connectivity index (χ0n) is 8.38. The number of halogens is 4. The van der Waals surface area contributed by atoms with Gasteiger partial charge >= 0.3 is 6.18 Å². The van der Waals surface area contributed by atoms with E-state index in [1.165, 1.54) is 19.1 Å². The van der Waals surface area contributed by atoms with Crippen LogP contribution in [0.3, 0.4) is 0 Å². The second kappa shape index (κ2) is 5.05. The molecule has 0 saturated heterocycles. The van der Waals surface area contributed by atoms with Gasteiger partial charge < -0.3 is 9.84 Å². The van der Waals surface area contributed by atoms with E-state index in [4.69, 9.17) is 0 Å². The molecule has 90 valence electrons. The topological polar surface area (TPSA) is 29.5 Å². The number of aliphatic hydroxyl groups excluding tert-OH is 1. The first-order valence-electron chi connectivity index (χ1n) is 4.46. The molecule has 0 spiro atoms. The van der Waals surface area contributed by atoms with Crippen molar-refractivity contribution in [2.24, 2.45) is 0 Å². The van der Waals surface area contributed by atoms with Crippen LogP contribution in [-0.4, -0.2) is 17.9 Å². The number of rotatable bonds is 3. The SMILES string of the molecule is C[C@H](O)c1ccc(Br)cc1OCC(F)(F)F. The monoisotopic (exact) mass is 298 g/mol. The summed E-state index contributed by atoms with van der Waals surface area (Å²) in [5.74, 6) is 0.0294. The second-order valence-corrected chi connectivity index (χ2v) is 4.18. The van der Waals surface area contributed by atoms with Gasteiger partial charge in [0.05, 0.1) is 6.10 Å². The van der Waals surface area contributed by atoms with Crippen LogP contribution in [0.1, 0.15) is 18.6 Å². The molecule has 0 amide bonds. The molecule has 1 aromatic carbocycles. The summed E-state index contributed by atoms with van der Waals surface area (Å²) in [5.41, 5.74) is 0.326. The number of alkyl halides is 3. The van der Waals surface area contributed by atoms with Crippen molar-refractivity contribution in [3.05, 3.63) is 28.2 Å². The van der Waals surface area contributed by atoms with Crippen molar-refractivity contribution in [3.63, 3.8) is 0 Å². The van der Waals surface area contributed by atoms with Crippen molar-refractivity contribution in [2.75, 3.05) is 6.61 Å². The van der Waals surface area contributed by atoms with Crippen molar-refractivity contribution >= 4 is 15.9 Å². The first kappa shape index (κ1) is 13.3. The number of hydrogen-bond acceptors (Lipinski definition) is 2. The Kier molecular flexibility index (Phi) is 4.21. The van der Waals surface area contributed by atoms with Gasteiger partial charge in [-0.05, 0) is 19.1 Å². The van der Waals surface area contributed by atoms with Gasteiger partial charge in [-0.3, -0.25) is 0 Å². The highest BCUT2D eigenvalue weighted by Gasteiger charge is 2.29. The fourth-order valence-corrected chi connectivity index (χ4v) is 1.48. The van der Waals surface area contributed by atoms with Crippen LogP contribution in [0.25, 0.3) is 0 Å². The molecule has 0 aliphatic carbocycles. The maximum atomic E-state index is 12.0. The molecule has 0 saturated carbocycles. The Balaban J connectivity index is 2.88. The molecule has 1 atom stereocenters. The summed E-state index contributed by atoms with van der Waals surface area (Å²) in [7, 11) is 0. The van der Waals surface area contributed by atoms with Crippen molar-refractivity contribution in [1.29, 1.82) is 0 Å². The van der Waals surface area contributed by atoms with Gasteiger partial charge in [0.2, 0.25) is 0 Å². The molecule has 1 N–H and O–H groups in total. The molecular formula is C10H10BrF3O2. The summed E-state index contributed by atoms with van der Waals surface area (Å²) in [5, 5.41) is 9.35. The Bertz CT molecular complexity index is 364. The maximum absolute atomic E-state index is 12.0. The smallest absolute Gasteiger partial charge is 0.422 e. The van der Waals surface area contributed by atoms with Crippen molar-refractivity contribution in [2.45, 2.75) is 19.2 Å². The molecule has 0 bridgehead atoms. The molecule has 1 aromatic rings. The molecule has 1 rings (SSSR count). The van der Waals surface area contributed by atoms with Gasteiger partial charge in [0.25, 0.3) is 0 Å². The summed E-state index contributed by atoms with van der Waals surface area (Å²) >= 11 is 3.12. The number of ether oxygens (including phenoxy) is 1. The van der Waals surface area contributed by atoms with E-state index in [1.807, 2.05) is 0 Å². The predicted molar refractivity (Wildman–Crippen MR) is 56.3 cm³/mol. The average Bonchev–Trinajstić information content (AvgIpc) is 2.13. The largest absolute Gasteiger partial charge is 0.484 e. The van der Waals surface area contributed by atoms with Crippen LogP contribution in [0, 0.1) is 0 Å². The molecule has 0 heterocycles. The van der Waals surface area contributed by atoms with Crippen molar-refractivity contribution < 1.29 is 23.0 Å². The minimum absolute atomic E-state index is 0.0294. The van der Waals surface area contributed by atoms with Gasteiger partial charge in [0.1, 0.15) is 5.75 Å². The van der Waals surface area contributed by atoms with E-state index in [9.17, 15) is 18.3 Å². The fourth-order valence-electron chi connectivity index (χ4n) is 1.14. The van der Waals surface area contributed by atoms with E-state index in [0.29, 0.717) is 10.0 Å². The Hall–Kier alpha value is -0.750. The lowest BCUT2D eigenvalue weighted by molar-refractivity contribution is -0.153. The third-order valence-corrected chi connectivity index (χ3v) is 2.31. The van der Waals surface area contributed by atoms with Crippen LogP contribution in [-0.2, 0) is 0 Å². The van der Waals surface area contributed by atoms with E-state index in [2.05, 4.69) is 20.7 Å². The standard InChI is InChI=1S/C10H10BrF3O2/c1-6(15)8-3-2-7(11)4-9(8)16-5-10(12,13)14/h2-4,6,15H,5H2,1H3/t6-/m0/s1.